The first-order chi connectivity index (χ1) is 18.6. The van der Waals surface area contributed by atoms with E-state index in [1.807, 2.05) is 36.5 Å². The van der Waals surface area contributed by atoms with Gasteiger partial charge in [0.05, 0.1) is 0 Å². The molecule has 0 bridgehead atoms. The van der Waals surface area contributed by atoms with Gasteiger partial charge in [-0.25, -0.2) is 4.98 Å². The van der Waals surface area contributed by atoms with Crippen LogP contribution in [0.25, 0.3) is 44.3 Å². The van der Waals surface area contributed by atoms with Gasteiger partial charge in [-0.05, 0) is 55.2 Å². The van der Waals surface area contributed by atoms with E-state index in [9.17, 15) is 0 Å². The Morgan fingerprint density at radius 1 is 0.923 bits per heavy atom. The second-order valence-electron chi connectivity index (χ2n) is 11.0. The van der Waals surface area contributed by atoms with Crippen molar-refractivity contribution in [3.05, 3.63) is 78.6 Å². The van der Waals surface area contributed by atoms with Crippen molar-refractivity contribution >= 4 is 27.6 Å². The van der Waals surface area contributed by atoms with Crippen molar-refractivity contribution in [3.8, 4) is 22.4 Å². The summed E-state index contributed by atoms with van der Waals surface area (Å²) in [6.07, 6.45) is 6.45. The van der Waals surface area contributed by atoms with Gasteiger partial charge < -0.3 is 20.2 Å². The maximum Gasteiger partial charge on any atom is 0.142 e. The molecule has 2 fully saturated rings. The number of rotatable bonds is 4. The molecule has 2 N–H and O–H groups in total. The Labute approximate surface area is 255 Å². The molecule has 0 amide bonds. The molecule has 1 aliphatic heterocycles. The Morgan fingerprint density at radius 2 is 1.69 bits per heavy atom. The Bertz CT molecular complexity index is 1630. The topological polar surface area (TPSA) is 63.2 Å². The molecule has 1 saturated carbocycles. The molecular weight excluding hydrogens is 557 g/mol. The summed E-state index contributed by atoms with van der Waals surface area (Å²) in [7, 11) is 2.22. The summed E-state index contributed by atoms with van der Waals surface area (Å²) in [5.41, 5.74) is 14.8. The number of likely N-dealkylation sites (N-methyl/N-ethyl adjacent to an activating group) is 1. The van der Waals surface area contributed by atoms with Crippen molar-refractivity contribution in [3.63, 3.8) is 0 Å². The molecule has 1 aliphatic carbocycles. The zero-order valence-corrected chi connectivity index (χ0v) is 25.5. The van der Waals surface area contributed by atoms with E-state index < -0.39 is 0 Å². The summed E-state index contributed by atoms with van der Waals surface area (Å²) in [6, 6.07) is 23.1. The predicted molar refractivity (Wildman–Crippen MR) is 155 cm³/mol. The zero-order valence-electron chi connectivity index (χ0n) is 22.6. The van der Waals surface area contributed by atoms with E-state index in [1.165, 1.54) is 13.1 Å². The molecule has 3 aromatic heterocycles. The van der Waals surface area contributed by atoms with E-state index in [4.69, 9.17) is 15.7 Å². The standard InChI is InChI=1S/C32H33N6.Y/c1-21-26(10-8-23-9-11-29(35-31(21)23)22-6-4-3-5-7-22)27-20-38(32-30(27)28(33)12-13-34-32)25-18-24(19-25)37-16-14-36(2)15-17-37;/h3-8,10-13,20,24-25H,14-19H2,1-2H3,(H2,33,34);/q-1;. The van der Waals surface area contributed by atoms with Gasteiger partial charge in [-0.3, -0.25) is 4.90 Å². The smallest absolute Gasteiger partial charge is 0.142 e. The van der Waals surface area contributed by atoms with E-state index in [-0.39, 0.29) is 32.7 Å². The third-order valence-corrected chi connectivity index (χ3v) is 8.67. The van der Waals surface area contributed by atoms with E-state index in [2.05, 4.69) is 64.9 Å². The Balaban J connectivity index is 0.00000277. The van der Waals surface area contributed by atoms with Crippen LogP contribution in [0.15, 0.2) is 67.0 Å². The maximum atomic E-state index is 6.60. The number of aromatic nitrogens is 3. The Morgan fingerprint density at radius 3 is 2.46 bits per heavy atom. The molecule has 6 nitrogen and oxygen atoms in total. The normalized spacial score (nSPS) is 20.2. The first-order valence-corrected chi connectivity index (χ1v) is 13.6. The monoisotopic (exact) mass is 590 g/mol. The fraction of sp³-hybridized carbons (Fsp3) is 0.312. The van der Waals surface area contributed by atoms with Crippen molar-refractivity contribution in [2.75, 3.05) is 39.0 Å². The molecule has 2 aliphatic rings. The van der Waals surface area contributed by atoms with E-state index >= 15 is 0 Å². The molecular formula is C32H33N6Y-. The van der Waals surface area contributed by atoms with Gasteiger partial charge in [0, 0.05) is 100 Å². The predicted octanol–water partition coefficient (Wildman–Crippen LogP) is 5.56. The van der Waals surface area contributed by atoms with Crippen molar-refractivity contribution in [1.82, 2.24) is 24.3 Å². The first-order valence-electron chi connectivity index (χ1n) is 13.6. The summed E-state index contributed by atoms with van der Waals surface area (Å²) in [5, 5.41) is 2.07. The number of anilines is 1. The number of fused-ring (bicyclic) bond motifs is 2. The number of nitrogens with zero attached hydrogens (tertiary/aromatic N) is 5. The average molecular weight is 591 g/mol. The minimum Gasteiger partial charge on any atom is -0.398 e. The van der Waals surface area contributed by atoms with Crippen LogP contribution < -0.4 is 5.73 Å². The number of nitrogen functional groups attached to an aromatic ring is 1. The number of hydrogen-bond donors (Lipinski definition) is 1. The van der Waals surface area contributed by atoms with Gasteiger partial charge in [0.1, 0.15) is 5.65 Å². The Hall–Kier alpha value is -2.64. The summed E-state index contributed by atoms with van der Waals surface area (Å²) < 4.78 is 2.39. The van der Waals surface area contributed by atoms with Crippen LogP contribution >= 0.6 is 0 Å². The van der Waals surface area contributed by atoms with Crippen LogP contribution in [0, 0.1) is 13.0 Å². The van der Waals surface area contributed by atoms with Crippen LogP contribution in [-0.2, 0) is 32.7 Å². The van der Waals surface area contributed by atoms with Crippen LogP contribution in [0.4, 0.5) is 5.69 Å². The molecule has 39 heavy (non-hydrogen) atoms. The molecule has 4 heterocycles. The van der Waals surface area contributed by atoms with Crippen molar-refractivity contribution in [2.24, 2.45) is 0 Å². The number of pyridine rings is 2. The van der Waals surface area contributed by atoms with E-state index in [0.717, 1.165) is 81.5 Å². The molecule has 7 rings (SSSR count). The zero-order chi connectivity index (χ0) is 25.8. The fourth-order valence-electron chi connectivity index (χ4n) is 6.26. The second-order valence-corrected chi connectivity index (χ2v) is 11.0. The number of benzene rings is 2. The van der Waals surface area contributed by atoms with Crippen LogP contribution in [0.5, 0.6) is 0 Å². The van der Waals surface area contributed by atoms with E-state index in [1.54, 1.807) is 0 Å². The molecule has 5 aromatic rings. The molecule has 0 spiro atoms. The van der Waals surface area contributed by atoms with Gasteiger partial charge in [0.15, 0.2) is 0 Å². The molecule has 7 heteroatoms. The van der Waals surface area contributed by atoms with Crippen molar-refractivity contribution in [1.29, 1.82) is 0 Å². The molecule has 0 atom stereocenters. The summed E-state index contributed by atoms with van der Waals surface area (Å²) in [4.78, 5) is 15.0. The van der Waals surface area contributed by atoms with Crippen LogP contribution in [0.2, 0.25) is 0 Å². The quantitative estimate of drug-likeness (QED) is 0.278. The molecule has 0 unspecified atom stereocenters. The minimum atomic E-state index is 0. The second kappa shape index (κ2) is 10.7. The SMILES string of the molecule is Cc1c(-c2cn(C3CC(N4CCN(C)CC4)C3)c3nccc(N)c23)ccc2[c-]cc(-c3ccccc3)nc12.[Y]. The third-order valence-electron chi connectivity index (χ3n) is 8.67. The van der Waals surface area contributed by atoms with Gasteiger partial charge in [-0.1, -0.05) is 42.0 Å². The summed E-state index contributed by atoms with van der Waals surface area (Å²) in [5.74, 6) is 0. The van der Waals surface area contributed by atoms with Gasteiger partial charge in [-0.15, -0.1) is 23.6 Å². The Kier molecular flexibility index (Phi) is 7.32. The van der Waals surface area contributed by atoms with Crippen molar-refractivity contribution < 1.29 is 32.7 Å². The number of hydrogen-bond acceptors (Lipinski definition) is 5. The number of piperazine rings is 1. The number of aryl methyl sites for hydroxylation is 1. The fourth-order valence-corrected chi connectivity index (χ4v) is 6.26. The maximum absolute atomic E-state index is 6.60. The summed E-state index contributed by atoms with van der Waals surface area (Å²) in [6.45, 7) is 6.82. The van der Waals surface area contributed by atoms with Gasteiger partial charge in [0.25, 0.3) is 0 Å². The van der Waals surface area contributed by atoms with Gasteiger partial charge >= 0.3 is 0 Å². The molecule has 195 valence electrons. The van der Waals surface area contributed by atoms with Gasteiger partial charge in [0.2, 0.25) is 0 Å². The third kappa shape index (κ3) is 4.72. The average Bonchev–Trinajstić information content (AvgIpc) is 3.30. The first kappa shape index (κ1) is 26.6. The molecule has 2 aromatic carbocycles. The van der Waals surface area contributed by atoms with Crippen LogP contribution in [0.1, 0.15) is 24.4 Å². The van der Waals surface area contributed by atoms with Crippen LogP contribution in [-0.4, -0.2) is 63.6 Å². The summed E-state index contributed by atoms with van der Waals surface area (Å²) >= 11 is 0. The van der Waals surface area contributed by atoms with Gasteiger partial charge in [-0.2, -0.15) is 0 Å². The van der Waals surface area contributed by atoms with E-state index in [0.29, 0.717) is 12.1 Å². The molecule has 1 saturated heterocycles. The molecule has 1 radical (unpaired) electrons. The number of nitrogens with two attached hydrogens (primary N) is 1. The largest absolute Gasteiger partial charge is 0.398 e. The van der Waals surface area contributed by atoms with Crippen molar-refractivity contribution in [2.45, 2.75) is 31.8 Å². The minimum absolute atomic E-state index is 0. The van der Waals surface area contributed by atoms with Crippen LogP contribution in [0.3, 0.4) is 0 Å².